The van der Waals surface area contributed by atoms with E-state index < -0.39 is 0 Å². The van der Waals surface area contributed by atoms with Gasteiger partial charge in [-0.3, -0.25) is 0 Å². The molecule has 4 rings (SSSR count). The van der Waals surface area contributed by atoms with Crippen LogP contribution in [0.1, 0.15) is 16.1 Å². The lowest BCUT2D eigenvalue weighted by Crippen LogP contribution is -2.06. The topological polar surface area (TPSA) is 57.7 Å². The van der Waals surface area contributed by atoms with Gasteiger partial charge in [0.05, 0.1) is 25.5 Å². The molecule has 0 aliphatic rings. The van der Waals surface area contributed by atoms with Gasteiger partial charge in [0.2, 0.25) is 0 Å². The minimum absolute atomic E-state index is 0.117. The summed E-state index contributed by atoms with van der Waals surface area (Å²) < 4.78 is 16.1. The van der Waals surface area contributed by atoms with E-state index in [0.29, 0.717) is 22.8 Å². The highest BCUT2D eigenvalue weighted by atomic mass is 32.1. The zero-order valence-corrected chi connectivity index (χ0v) is 16.9. The van der Waals surface area contributed by atoms with Crippen LogP contribution in [0.5, 0.6) is 11.5 Å². The second-order valence-electron chi connectivity index (χ2n) is 6.32. The largest absolute Gasteiger partial charge is 0.493 e. The van der Waals surface area contributed by atoms with Crippen LogP contribution in [-0.2, 0) is 11.3 Å². The Bertz CT molecular complexity index is 1160. The van der Waals surface area contributed by atoms with Crippen LogP contribution in [0.15, 0.2) is 66.0 Å². The van der Waals surface area contributed by atoms with Crippen LogP contribution in [0.4, 0.5) is 0 Å². The van der Waals surface area contributed by atoms with Crippen molar-refractivity contribution < 1.29 is 19.0 Å². The molecule has 29 heavy (non-hydrogen) atoms. The molecule has 0 N–H and O–H groups in total. The Morgan fingerprint density at radius 3 is 2.59 bits per heavy atom. The molecule has 0 radical (unpaired) electrons. The zero-order valence-electron chi connectivity index (χ0n) is 16.0. The van der Waals surface area contributed by atoms with Crippen LogP contribution in [0.3, 0.4) is 0 Å². The number of benzene rings is 3. The van der Waals surface area contributed by atoms with Crippen LogP contribution in [0.25, 0.3) is 21.3 Å². The van der Waals surface area contributed by atoms with Crippen molar-refractivity contribution in [1.82, 2.24) is 4.98 Å². The summed E-state index contributed by atoms with van der Waals surface area (Å²) in [6, 6.07) is 19.0. The van der Waals surface area contributed by atoms with E-state index in [4.69, 9.17) is 14.2 Å². The molecule has 5 nitrogen and oxygen atoms in total. The maximum Gasteiger partial charge on any atom is 0.339 e. The summed E-state index contributed by atoms with van der Waals surface area (Å²) in [6.07, 6.45) is 0. The van der Waals surface area contributed by atoms with Gasteiger partial charge in [-0.05, 0) is 35.0 Å². The average molecular weight is 405 g/mol. The molecule has 0 amide bonds. The molecular formula is C23H19NO4S. The molecule has 0 spiro atoms. The van der Waals surface area contributed by atoms with Crippen molar-refractivity contribution in [1.29, 1.82) is 0 Å². The van der Waals surface area contributed by atoms with Crippen molar-refractivity contribution in [3.63, 3.8) is 0 Å². The summed E-state index contributed by atoms with van der Waals surface area (Å²) >= 11 is 1.49. The molecule has 3 aromatic carbocycles. The van der Waals surface area contributed by atoms with E-state index >= 15 is 0 Å². The molecule has 0 atom stereocenters. The molecule has 4 aromatic rings. The van der Waals surface area contributed by atoms with E-state index in [-0.39, 0.29) is 12.6 Å². The monoisotopic (exact) mass is 405 g/mol. The van der Waals surface area contributed by atoms with Crippen molar-refractivity contribution in [3.8, 4) is 22.1 Å². The fourth-order valence-electron chi connectivity index (χ4n) is 3.10. The first-order valence-electron chi connectivity index (χ1n) is 9.01. The van der Waals surface area contributed by atoms with Gasteiger partial charge >= 0.3 is 5.97 Å². The van der Waals surface area contributed by atoms with Crippen LogP contribution in [0, 0.1) is 0 Å². The van der Waals surface area contributed by atoms with Gasteiger partial charge in [0, 0.05) is 10.9 Å². The lowest BCUT2D eigenvalue weighted by atomic mass is 10.1. The Morgan fingerprint density at radius 2 is 1.76 bits per heavy atom. The average Bonchev–Trinajstić information content (AvgIpc) is 3.25. The number of fused-ring (bicyclic) bond motifs is 1. The molecular weight excluding hydrogens is 386 g/mol. The minimum Gasteiger partial charge on any atom is -0.493 e. The Hall–Kier alpha value is -3.38. The van der Waals surface area contributed by atoms with Gasteiger partial charge in [0.1, 0.15) is 11.6 Å². The van der Waals surface area contributed by atoms with E-state index in [9.17, 15) is 4.79 Å². The molecule has 0 bridgehead atoms. The standard InChI is InChI=1S/C23H19NO4S/c1-26-20-11-10-16(12-21(20)27-2)22-24-17(14-29-22)13-28-23(25)19-9-5-7-15-6-3-4-8-18(15)19/h3-12,14H,13H2,1-2H3. The zero-order chi connectivity index (χ0) is 20.2. The van der Waals surface area contributed by atoms with Crippen molar-refractivity contribution >= 4 is 28.1 Å². The maximum atomic E-state index is 12.6. The van der Waals surface area contributed by atoms with E-state index in [1.807, 2.05) is 60.0 Å². The van der Waals surface area contributed by atoms with Gasteiger partial charge in [0.25, 0.3) is 0 Å². The number of thiazole rings is 1. The molecule has 0 unspecified atom stereocenters. The molecule has 0 aliphatic heterocycles. The number of esters is 1. The number of ether oxygens (including phenoxy) is 3. The normalized spacial score (nSPS) is 10.7. The van der Waals surface area contributed by atoms with E-state index in [0.717, 1.165) is 21.3 Å². The fourth-order valence-corrected chi connectivity index (χ4v) is 3.90. The Kier molecular flexibility index (Phi) is 5.44. The van der Waals surface area contributed by atoms with Crippen molar-refractivity contribution in [3.05, 3.63) is 77.3 Å². The number of rotatable bonds is 6. The third-order valence-corrected chi connectivity index (χ3v) is 5.48. The Labute approximate surface area is 172 Å². The van der Waals surface area contributed by atoms with Gasteiger partial charge in [-0.1, -0.05) is 36.4 Å². The lowest BCUT2D eigenvalue weighted by molar-refractivity contribution is 0.0471. The second kappa shape index (κ2) is 8.32. The summed E-state index contributed by atoms with van der Waals surface area (Å²) in [5.41, 5.74) is 2.17. The molecule has 0 aliphatic carbocycles. The molecule has 0 saturated heterocycles. The van der Waals surface area contributed by atoms with Crippen molar-refractivity contribution in [2.75, 3.05) is 14.2 Å². The van der Waals surface area contributed by atoms with E-state index in [1.54, 1.807) is 20.3 Å². The number of hydrogen-bond acceptors (Lipinski definition) is 6. The first-order valence-corrected chi connectivity index (χ1v) is 9.89. The van der Waals surface area contributed by atoms with Crippen LogP contribution >= 0.6 is 11.3 Å². The first kappa shape index (κ1) is 19.0. The molecule has 0 saturated carbocycles. The van der Waals surface area contributed by atoms with Gasteiger partial charge < -0.3 is 14.2 Å². The third-order valence-electron chi connectivity index (χ3n) is 4.54. The smallest absolute Gasteiger partial charge is 0.339 e. The SMILES string of the molecule is COc1ccc(-c2nc(COC(=O)c3cccc4ccccc34)cs2)cc1OC. The number of hydrogen-bond donors (Lipinski definition) is 0. The van der Waals surface area contributed by atoms with Gasteiger partial charge in [-0.15, -0.1) is 11.3 Å². The van der Waals surface area contributed by atoms with Crippen LogP contribution in [0.2, 0.25) is 0 Å². The summed E-state index contributed by atoms with van der Waals surface area (Å²) in [5.74, 6) is 0.948. The first-order chi connectivity index (χ1) is 14.2. The van der Waals surface area contributed by atoms with E-state index in [1.165, 1.54) is 11.3 Å². The Morgan fingerprint density at radius 1 is 0.966 bits per heavy atom. The highest BCUT2D eigenvalue weighted by Crippen LogP contribution is 2.33. The third kappa shape index (κ3) is 3.93. The van der Waals surface area contributed by atoms with Crippen molar-refractivity contribution in [2.45, 2.75) is 6.61 Å². The number of nitrogens with zero attached hydrogens (tertiary/aromatic N) is 1. The fraction of sp³-hybridized carbons (Fsp3) is 0.130. The summed E-state index contributed by atoms with van der Waals surface area (Å²) in [7, 11) is 3.20. The van der Waals surface area contributed by atoms with E-state index in [2.05, 4.69) is 4.98 Å². The van der Waals surface area contributed by atoms with Gasteiger partial charge in [0.15, 0.2) is 11.5 Å². The molecule has 146 valence electrons. The summed E-state index contributed by atoms with van der Waals surface area (Å²) in [5, 5.41) is 4.60. The predicted octanol–water partition coefficient (Wildman–Crippen LogP) is 5.34. The number of carbonyl (C=O) groups excluding carboxylic acids is 1. The van der Waals surface area contributed by atoms with Crippen LogP contribution < -0.4 is 9.47 Å². The summed E-state index contributed by atoms with van der Waals surface area (Å²) in [4.78, 5) is 17.2. The predicted molar refractivity (Wildman–Crippen MR) is 114 cm³/mol. The Balaban J connectivity index is 1.49. The minimum atomic E-state index is -0.359. The number of methoxy groups -OCH3 is 2. The van der Waals surface area contributed by atoms with Crippen molar-refractivity contribution in [2.24, 2.45) is 0 Å². The van der Waals surface area contributed by atoms with Gasteiger partial charge in [-0.25, -0.2) is 9.78 Å². The van der Waals surface area contributed by atoms with Crippen LogP contribution in [-0.4, -0.2) is 25.2 Å². The number of aromatic nitrogens is 1. The quantitative estimate of drug-likeness (QED) is 0.406. The molecule has 0 fully saturated rings. The summed E-state index contributed by atoms with van der Waals surface area (Å²) in [6.45, 7) is 0.117. The highest BCUT2D eigenvalue weighted by Gasteiger charge is 2.13. The highest BCUT2D eigenvalue weighted by molar-refractivity contribution is 7.13. The second-order valence-corrected chi connectivity index (χ2v) is 7.17. The maximum absolute atomic E-state index is 12.6. The molecule has 1 aromatic heterocycles. The van der Waals surface area contributed by atoms with Gasteiger partial charge in [-0.2, -0.15) is 0 Å². The number of carbonyl (C=O) groups is 1. The lowest BCUT2D eigenvalue weighted by Gasteiger charge is -2.08. The molecule has 6 heteroatoms. The molecule has 1 heterocycles.